The average Bonchev–Trinajstić information content (AvgIpc) is 2.32. The lowest BCUT2D eigenvalue weighted by Gasteiger charge is -2.19. The Balaban J connectivity index is 4.15. The molecule has 7 nitrogen and oxygen atoms in total. The van der Waals surface area contributed by atoms with Gasteiger partial charge in [-0.15, -0.1) is 0 Å². The number of carbonyl (C=O) groups is 3. The lowest BCUT2D eigenvalue weighted by atomic mass is 10.1. The zero-order chi connectivity index (χ0) is 15.9. The van der Waals surface area contributed by atoms with Crippen LogP contribution in [0.5, 0.6) is 0 Å². The second kappa shape index (κ2) is 8.52. The summed E-state index contributed by atoms with van der Waals surface area (Å²) in [6.07, 6.45) is 0. The normalized spacial score (nSPS) is 12.2. The Hall–Kier alpha value is -1.63. The third kappa shape index (κ3) is 7.08. The highest BCUT2D eigenvalue weighted by Crippen LogP contribution is 1.97. The van der Waals surface area contributed by atoms with Crippen molar-refractivity contribution < 1.29 is 14.4 Å². The van der Waals surface area contributed by atoms with Crippen molar-refractivity contribution >= 4 is 17.7 Å². The minimum absolute atomic E-state index is 0.000323. The van der Waals surface area contributed by atoms with Crippen molar-refractivity contribution in [2.24, 2.45) is 11.7 Å². The molecular weight excluding hydrogens is 260 g/mol. The molecule has 0 saturated heterocycles. The molecule has 0 aliphatic carbocycles. The fraction of sp³-hybridized carbons (Fsp3) is 0.769. The van der Waals surface area contributed by atoms with Crippen LogP contribution in [0.2, 0.25) is 0 Å². The van der Waals surface area contributed by atoms with E-state index in [4.69, 9.17) is 5.73 Å². The first-order chi connectivity index (χ1) is 9.15. The van der Waals surface area contributed by atoms with E-state index in [1.807, 2.05) is 27.7 Å². The Labute approximate surface area is 120 Å². The van der Waals surface area contributed by atoms with E-state index in [0.29, 0.717) is 0 Å². The van der Waals surface area contributed by atoms with Gasteiger partial charge in [0.2, 0.25) is 17.7 Å². The van der Waals surface area contributed by atoms with Gasteiger partial charge < -0.3 is 21.3 Å². The number of hydrogen-bond acceptors (Lipinski definition) is 4. The van der Waals surface area contributed by atoms with Crippen LogP contribution in [0.15, 0.2) is 0 Å². The summed E-state index contributed by atoms with van der Waals surface area (Å²) in [5.74, 6) is -0.942. The maximum Gasteiger partial charge on any atom is 0.242 e. The van der Waals surface area contributed by atoms with Gasteiger partial charge in [-0.3, -0.25) is 14.4 Å². The summed E-state index contributed by atoms with van der Waals surface area (Å²) < 4.78 is 0. The number of nitrogens with zero attached hydrogens (tertiary/aromatic N) is 1. The average molecular weight is 286 g/mol. The maximum absolute atomic E-state index is 11.8. The fourth-order valence-corrected chi connectivity index (χ4v) is 1.39. The Kier molecular flexibility index (Phi) is 7.83. The van der Waals surface area contributed by atoms with Crippen LogP contribution in [0, 0.1) is 5.92 Å². The van der Waals surface area contributed by atoms with Gasteiger partial charge in [0.25, 0.3) is 0 Å². The van der Waals surface area contributed by atoms with Crippen LogP contribution >= 0.6 is 0 Å². The standard InChI is InChI=1S/C13H26N4O3/c1-8(2)12(14)13(20)15-6-11(19)17(5)7-10(18)16-9(3)4/h8-9,12H,6-7,14H2,1-5H3,(H,15,20)(H,16,18)/t12-/m0/s1. The van der Waals surface area contributed by atoms with Gasteiger partial charge in [-0.1, -0.05) is 13.8 Å². The van der Waals surface area contributed by atoms with Crippen LogP contribution in [0.25, 0.3) is 0 Å². The van der Waals surface area contributed by atoms with Crippen LogP contribution in [0.1, 0.15) is 27.7 Å². The van der Waals surface area contributed by atoms with Crippen molar-refractivity contribution in [2.45, 2.75) is 39.8 Å². The van der Waals surface area contributed by atoms with Gasteiger partial charge in [0.1, 0.15) is 0 Å². The van der Waals surface area contributed by atoms with E-state index in [2.05, 4.69) is 10.6 Å². The van der Waals surface area contributed by atoms with Crippen LogP contribution in [-0.2, 0) is 14.4 Å². The van der Waals surface area contributed by atoms with E-state index in [-0.39, 0.29) is 42.8 Å². The maximum atomic E-state index is 11.8. The first-order valence-corrected chi connectivity index (χ1v) is 6.71. The molecule has 0 aromatic heterocycles. The summed E-state index contributed by atoms with van der Waals surface area (Å²) in [5, 5.41) is 5.16. The molecule has 3 amide bonds. The molecule has 4 N–H and O–H groups in total. The van der Waals surface area contributed by atoms with Crippen molar-refractivity contribution in [1.82, 2.24) is 15.5 Å². The SMILES string of the molecule is CC(C)NC(=O)CN(C)C(=O)CNC(=O)[C@@H](N)C(C)C. The number of carbonyl (C=O) groups excluding carboxylic acids is 3. The van der Waals surface area contributed by atoms with Crippen molar-refractivity contribution in [3.8, 4) is 0 Å². The molecule has 0 saturated carbocycles. The molecule has 0 unspecified atom stereocenters. The van der Waals surface area contributed by atoms with Crippen molar-refractivity contribution in [3.05, 3.63) is 0 Å². The molecular formula is C13H26N4O3. The van der Waals surface area contributed by atoms with E-state index in [9.17, 15) is 14.4 Å². The largest absolute Gasteiger partial charge is 0.352 e. The van der Waals surface area contributed by atoms with E-state index in [0.717, 1.165) is 0 Å². The van der Waals surface area contributed by atoms with Gasteiger partial charge in [0.05, 0.1) is 19.1 Å². The van der Waals surface area contributed by atoms with Gasteiger partial charge in [0.15, 0.2) is 0 Å². The van der Waals surface area contributed by atoms with Gasteiger partial charge >= 0.3 is 0 Å². The van der Waals surface area contributed by atoms with Gasteiger partial charge in [0, 0.05) is 13.1 Å². The molecule has 0 bridgehead atoms. The van der Waals surface area contributed by atoms with Gasteiger partial charge in [-0.05, 0) is 19.8 Å². The molecule has 20 heavy (non-hydrogen) atoms. The van der Waals surface area contributed by atoms with E-state index < -0.39 is 6.04 Å². The lowest BCUT2D eigenvalue weighted by Crippen LogP contribution is -2.48. The number of nitrogens with one attached hydrogen (secondary N) is 2. The summed E-state index contributed by atoms with van der Waals surface area (Å²) in [7, 11) is 1.51. The minimum atomic E-state index is -0.641. The zero-order valence-corrected chi connectivity index (χ0v) is 12.9. The van der Waals surface area contributed by atoms with Crippen LogP contribution < -0.4 is 16.4 Å². The summed E-state index contributed by atoms with van der Waals surface area (Å²) >= 11 is 0. The van der Waals surface area contributed by atoms with E-state index in [1.165, 1.54) is 11.9 Å². The third-order valence-electron chi connectivity index (χ3n) is 2.69. The molecule has 0 spiro atoms. The van der Waals surface area contributed by atoms with Gasteiger partial charge in [-0.2, -0.15) is 0 Å². The predicted octanol–water partition coefficient (Wildman–Crippen LogP) is -0.931. The number of nitrogens with two attached hydrogens (primary N) is 1. The van der Waals surface area contributed by atoms with E-state index in [1.54, 1.807) is 0 Å². The molecule has 0 fully saturated rings. The Morgan fingerprint density at radius 2 is 1.70 bits per heavy atom. The Bertz CT molecular complexity index is 356. The highest BCUT2D eigenvalue weighted by atomic mass is 16.2. The summed E-state index contributed by atoms with van der Waals surface area (Å²) in [5.41, 5.74) is 5.66. The van der Waals surface area contributed by atoms with Crippen LogP contribution in [0.4, 0.5) is 0 Å². The Morgan fingerprint density at radius 1 is 1.15 bits per heavy atom. The smallest absolute Gasteiger partial charge is 0.242 e. The molecule has 0 aromatic carbocycles. The Morgan fingerprint density at radius 3 is 2.15 bits per heavy atom. The van der Waals surface area contributed by atoms with Crippen LogP contribution in [0.3, 0.4) is 0 Å². The molecule has 116 valence electrons. The quantitative estimate of drug-likeness (QED) is 0.562. The van der Waals surface area contributed by atoms with Gasteiger partial charge in [-0.25, -0.2) is 0 Å². The molecule has 0 heterocycles. The number of amides is 3. The van der Waals surface area contributed by atoms with E-state index >= 15 is 0 Å². The first kappa shape index (κ1) is 18.4. The van der Waals surface area contributed by atoms with Crippen LogP contribution in [-0.4, -0.2) is 54.8 Å². The number of rotatable bonds is 7. The van der Waals surface area contributed by atoms with Crippen molar-refractivity contribution in [3.63, 3.8) is 0 Å². The molecule has 0 aromatic rings. The second-order valence-electron chi connectivity index (χ2n) is 5.46. The summed E-state index contributed by atoms with van der Waals surface area (Å²) in [6, 6.07) is -0.618. The molecule has 0 aliphatic heterocycles. The molecule has 1 atom stereocenters. The molecule has 0 radical (unpaired) electrons. The lowest BCUT2D eigenvalue weighted by molar-refractivity contribution is -0.135. The monoisotopic (exact) mass is 286 g/mol. The topological polar surface area (TPSA) is 105 Å². The molecule has 0 aliphatic rings. The number of likely N-dealkylation sites (N-methyl/N-ethyl adjacent to an activating group) is 1. The highest BCUT2D eigenvalue weighted by molar-refractivity contribution is 5.89. The molecule has 7 heteroatoms. The predicted molar refractivity (Wildman–Crippen MR) is 76.7 cm³/mol. The van der Waals surface area contributed by atoms with Crippen molar-refractivity contribution in [1.29, 1.82) is 0 Å². The first-order valence-electron chi connectivity index (χ1n) is 6.71. The second-order valence-corrected chi connectivity index (χ2v) is 5.46. The third-order valence-corrected chi connectivity index (χ3v) is 2.69. The summed E-state index contributed by atoms with van der Waals surface area (Å²) in [4.78, 5) is 36.1. The highest BCUT2D eigenvalue weighted by Gasteiger charge is 2.19. The summed E-state index contributed by atoms with van der Waals surface area (Å²) in [6.45, 7) is 7.14. The molecule has 0 rings (SSSR count). The minimum Gasteiger partial charge on any atom is -0.352 e. The number of hydrogen-bond donors (Lipinski definition) is 3. The fourth-order valence-electron chi connectivity index (χ4n) is 1.39. The zero-order valence-electron chi connectivity index (χ0n) is 12.9. The van der Waals surface area contributed by atoms with Crippen molar-refractivity contribution in [2.75, 3.05) is 20.1 Å².